The zero-order chi connectivity index (χ0) is 19.4. The normalized spacial score (nSPS) is 28.8. The van der Waals surface area contributed by atoms with Crippen molar-refractivity contribution in [3.63, 3.8) is 0 Å². The van der Waals surface area contributed by atoms with Crippen molar-refractivity contribution in [3.8, 4) is 0 Å². The van der Waals surface area contributed by atoms with Gasteiger partial charge >= 0.3 is 0 Å². The number of carbonyl (C=O) groups is 1. The largest absolute Gasteiger partial charge is 0.353 e. The SMILES string of the molecule is CC12OC(c3ccccc3)C(C)(C1=O)C(c1ccccc1)=C2c1ccccc1. The van der Waals surface area contributed by atoms with Gasteiger partial charge in [0.05, 0.1) is 5.41 Å². The Kier molecular flexibility index (Phi) is 3.68. The fourth-order valence-corrected chi connectivity index (χ4v) is 5.04. The van der Waals surface area contributed by atoms with Crippen LogP contribution in [0.5, 0.6) is 0 Å². The lowest BCUT2D eigenvalue weighted by atomic mass is 9.72. The molecule has 1 saturated heterocycles. The standard InChI is InChI=1S/C26H22O2/c1-25-21(18-12-6-3-7-13-18)22(19-14-8-4-9-15-19)26(2,24(25)27)28-23(25)20-16-10-5-11-17-20/h3-17,23H,1-2H3. The molecule has 0 radical (unpaired) electrons. The second kappa shape index (κ2) is 6.02. The molecule has 2 nitrogen and oxygen atoms in total. The fraction of sp³-hybridized carbons (Fsp3) is 0.192. The molecule has 1 aliphatic heterocycles. The lowest BCUT2D eigenvalue weighted by molar-refractivity contribution is -0.127. The Morgan fingerprint density at radius 1 is 0.679 bits per heavy atom. The van der Waals surface area contributed by atoms with Gasteiger partial charge in [-0.1, -0.05) is 91.0 Å². The average molecular weight is 366 g/mol. The van der Waals surface area contributed by atoms with Crippen LogP contribution in [0, 0.1) is 5.41 Å². The number of Topliss-reactive ketones (excluding diaryl/α,β-unsaturated/α-hetero) is 1. The summed E-state index contributed by atoms with van der Waals surface area (Å²) in [6, 6.07) is 30.6. The maximum atomic E-state index is 13.8. The third kappa shape index (κ3) is 2.15. The number of hydrogen-bond acceptors (Lipinski definition) is 2. The van der Waals surface area contributed by atoms with E-state index in [2.05, 4.69) is 43.3 Å². The van der Waals surface area contributed by atoms with Gasteiger partial charge in [0.2, 0.25) is 0 Å². The minimum atomic E-state index is -0.957. The first-order valence-corrected chi connectivity index (χ1v) is 9.70. The van der Waals surface area contributed by atoms with Crippen molar-refractivity contribution in [2.24, 2.45) is 5.41 Å². The Balaban J connectivity index is 1.82. The van der Waals surface area contributed by atoms with Gasteiger partial charge in [-0.05, 0) is 36.1 Å². The summed E-state index contributed by atoms with van der Waals surface area (Å²) in [5.74, 6) is 0.145. The summed E-state index contributed by atoms with van der Waals surface area (Å²) in [5, 5.41) is 0. The van der Waals surface area contributed by atoms with Crippen molar-refractivity contribution < 1.29 is 9.53 Å². The van der Waals surface area contributed by atoms with Crippen molar-refractivity contribution in [3.05, 3.63) is 108 Å². The first kappa shape index (κ1) is 17.2. The van der Waals surface area contributed by atoms with Gasteiger partial charge in [-0.3, -0.25) is 4.79 Å². The first-order valence-electron chi connectivity index (χ1n) is 9.70. The summed E-state index contributed by atoms with van der Waals surface area (Å²) in [6.07, 6.45) is -0.297. The Morgan fingerprint density at radius 2 is 1.14 bits per heavy atom. The highest BCUT2D eigenvalue weighted by molar-refractivity contribution is 6.24. The van der Waals surface area contributed by atoms with Gasteiger partial charge in [0.25, 0.3) is 0 Å². The van der Waals surface area contributed by atoms with Crippen molar-refractivity contribution in [2.45, 2.75) is 25.6 Å². The lowest BCUT2D eigenvalue weighted by Crippen LogP contribution is -2.32. The van der Waals surface area contributed by atoms with Crippen molar-refractivity contribution >= 4 is 16.9 Å². The van der Waals surface area contributed by atoms with E-state index in [1.165, 1.54) is 0 Å². The summed E-state index contributed by atoms with van der Waals surface area (Å²) >= 11 is 0. The molecule has 2 bridgehead atoms. The van der Waals surface area contributed by atoms with E-state index in [9.17, 15) is 4.79 Å². The number of hydrogen-bond donors (Lipinski definition) is 0. The van der Waals surface area contributed by atoms with Crippen LogP contribution >= 0.6 is 0 Å². The van der Waals surface area contributed by atoms with Crippen LogP contribution in [0.3, 0.4) is 0 Å². The van der Waals surface area contributed by atoms with E-state index in [4.69, 9.17) is 4.74 Å². The van der Waals surface area contributed by atoms with Crippen LogP contribution in [0.2, 0.25) is 0 Å². The van der Waals surface area contributed by atoms with E-state index in [0.29, 0.717) is 0 Å². The topological polar surface area (TPSA) is 26.3 Å². The average Bonchev–Trinajstić information content (AvgIpc) is 3.06. The van der Waals surface area contributed by atoms with Gasteiger partial charge in [-0.25, -0.2) is 0 Å². The van der Waals surface area contributed by atoms with Crippen LogP contribution in [0.25, 0.3) is 11.1 Å². The molecule has 1 aliphatic carbocycles. The van der Waals surface area contributed by atoms with E-state index < -0.39 is 11.0 Å². The number of ether oxygens (including phenoxy) is 1. The summed E-state index contributed by atoms with van der Waals surface area (Å²) in [6.45, 7) is 3.99. The molecule has 2 heteroatoms. The molecule has 3 aromatic carbocycles. The maximum absolute atomic E-state index is 13.8. The van der Waals surface area contributed by atoms with Crippen LogP contribution < -0.4 is 0 Å². The monoisotopic (exact) mass is 366 g/mol. The number of ketones is 1. The molecule has 3 unspecified atom stereocenters. The van der Waals surface area contributed by atoms with Crippen molar-refractivity contribution in [1.29, 1.82) is 0 Å². The molecule has 138 valence electrons. The van der Waals surface area contributed by atoms with Crippen LogP contribution in [-0.4, -0.2) is 11.4 Å². The van der Waals surface area contributed by atoms with E-state index >= 15 is 0 Å². The molecule has 28 heavy (non-hydrogen) atoms. The third-order valence-electron chi connectivity index (χ3n) is 6.26. The van der Waals surface area contributed by atoms with Crippen LogP contribution in [0.15, 0.2) is 91.0 Å². The smallest absolute Gasteiger partial charge is 0.182 e. The van der Waals surface area contributed by atoms with Crippen LogP contribution in [-0.2, 0) is 9.53 Å². The Morgan fingerprint density at radius 3 is 1.68 bits per heavy atom. The summed E-state index contributed by atoms with van der Waals surface area (Å²) < 4.78 is 6.56. The third-order valence-corrected chi connectivity index (χ3v) is 6.26. The first-order chi connectivity index (χ1) is 13.6. The number of benzene rings is 3. The van der Waals surface area contributed by atoms with Gasteiger partial charge in [-0.15, -0.1) is 0 Å². The zero-order valence-electron chi connectivity index (χ0n) is 16.1. The maximum Gasteiger partial charge on any atom is 0.182 e. The van der Waals surface area contributed by atoms with Gasteiger partial charge in [0, 0.05) is 5.57 Å². The molecule has 3 atom stereocenters. The minimum Gasteiger partial charge on any atom is -0.353 e. The van der Waals surface area contributed by atoms with Gasteiger partial charge in [0.15, 0.2) is 11.4 Å². The lowest BCUT2D eigenvalue weighted by Gasteiger charge is -2.36. The minimum absolute atomic E-state index is 0.145. The van der Waals surface area contributed by atoms with Crippen molar-refractivity contribution in [2.75, 3.05) is 0 Å². The second-order valence-electron chi connectivity index (χ2n) is 7.96. The molecule has 1 fully saturated rings. The van der Waals surface area contributed by atoms with E-state index in [1.807, 2.05) is 61.5 Å². The molecular weight excluding hydrogens is 344 g/mol. The zero-order valence-corrected chi connectivity index (χ0v) is 16.1. The molecule has 2 aliphatic rings. The molecule has 0 N–H and O–H groups in total. The number of rotatable bonds is 3. The quantitative estimate of drug-likeness (QED) is 0.593. The highest BCUT2D eigenvalue weighted by atomic mass is 16.5. The summed E-state index contributed by atoms with van der Waals surface area (Å²) in [4.78, 5) is 13.8. The highest BCUT2D eigenvalue weighted by Crippen LogP contribution is 2.67. The predicted molar refractivity (Wildman–Crippen MR) is 111 cm³/mol. The fourth-order valence-electron chi connectivity index (χ4n) is 5.04. The summed E-state index contributed by atoms with van der Waals surface area (Å²) in [5.41, 5.74) is 3.58. The van der Waals surface area contributed by atoms with Gasteiger partial charge in [0.1, 0.15) is 6.10 Å². The molecule has 0 aromatic heterocycles. The molecule has 0 amide bonds. The van der Waals surface area contributed by atoms with Gasteiger partial charge in [-0.2, -0.15) is 0 Å². The second-order valence-corrected chi connectivity index (χ2v) is 7.96. The number of carbonyl (C=O) groups excluding carboxylic acids is 1. The molecule has 0 saturated carbocycles. The molecular formula is C26H22O2. The Labute approximate surface area is 165 Å². The van der Waals surface area contributed by atoms with Crippen LogP contribution in [0.1, 0.15) is 36.6 Å². The highest BCUT2D eigenvalue weighted by Gasteiger charge is 2.68. The van der Waals surface area contributed by atoms with E-state index in [-0.39, 0.29) is 11.9 Å². The van der Waals surface area contributed by atoms with Gasteiger partial charge < -0.3 is 4.74 Å². The Hall–Kier alpha value is -2.97. The van der Waals surface area contributed by atoms with E-state index in [0.717, 1.165) is 27.8 Å². The van der Waals surface area contributed by atoms with Crippen molar-refractivity contribution in [1.82, 2.24) is 0 Å². The Bertz CT molecular complexity index is 1070. The molecule has 1 heterocycles. The summed E-state index contributed by atoms with van der Waals surface area (Å²) in [7, 11) is 0. The molecule has 0 spiro atoms. The molecule has 5 rings (SSSR count). The molecule has 3 aromatic rings. The van der Waals surface area contributed by atoms with Crippen LogP contribution in [0.4, 0.5) is 0 Å². The predicted octanol–water partition coefficient (Wildman–Crippen LogP) is 5.72. The van der Waals surface area contributed by atoms with E-state index in [1.54, 1.807) is 0 Å². The number of fused-ring (bicyclic) bond motifs is 2.